The molecule has 0 aromatic rings. The number of ether oxygens (including phenoxy) is 3. The quantitative estimate of drug-likeness (QED) is 0.571. The summed E-state index contributed by atoms with van der Waals surface area (Å²) in [6.45, 7) is 5.55. The summed E-state index contributed by atoms with van der Waals surface area (Å²) in [6.07, 6.45) is -1.39. The molecule has 0 amide bonds. The summed E-state index contributed by atoms with van der Waals surface area (Å²) in [5.41, 5.74) is 0. The molecule has 0 unspecified atom stereocenters. The van der Waals surface area contributed by atoms with Crippen LogP contribution in [0.4, 0.5) is 0 Å². The molecule has 12 heavy (non-hydrogen) atoms. The minimum absolute atomic E-state index is 0.0909. The summed E-state index contributed by atoms with van der Waals surface area (Å²) in [7, 11) is 0. The molecule has 0 bridgehead atoms. The van der Waals surface area contributed by atoms with Gasteiger partial charge in [-0.2, -0.15) is 0 Å². The van der Waals surface area contributed by atoms with Crippen molar-refractivity contribution in [2.45, 2.75) is 51.2 Å². The van der Waals surface area contributed by atoms with Gasteiger partial charge in [0.15, 0.2) is 12.1 Å². The van der Waals surface area contributed by atoms with Crippen molar-refractivity contribution >= 4 is 0 Å². The van der Waals surface area contributed by atoms with Gasteiger partial charge in [0, 0.05) is 0 Å². The summed E-state index contributed by atoms with van der Waals surface area (Å²) in [5.74, 6) is -0.589. The second kappa shape index (κ2) is 2.42. The predicted molar refractivity (Wildman–Crippen MR) is 40.4 cm³/mol. The first-order chi connectivity index (χ1) is 5.49. The maximum absolute atomic E-state index is 9.37. The number of aliphatic hydroxyl groups excluding tert-OH is 1. The zero-order valence-electron chi connectivity index (χ0n) is 7.48. The van der Waals surface area contributed by atoms with E-state index in [9.17, 15) is 5.11 Å². The van der Waals surface area contributed by atoms with E-state index in [4.69, 9.17) is 14.2 Å². The molecule has 4 atom stereocenters. The van der Waals surface area contributed by atoms with Crippen molar-refractivity contribution in [3.8, 4) is 0 Å². The van der Waals surface area contributed by atoms with E-state index in [1.807, 2.05) is 20.8 Å². The van der Waals surface area contributed by atoms with E-state index in [2.05, 4.69) is 0 Å². The molecule has 4 heteroatoms. The summed E-state index contributed by atoms with van der Waals surface area (Å²) in [5, 5.41) is 9.37. The molecule has 0 aromatic heterocycles. The van der Waals surface area contributed by atoms with Crippen LogP contribution >= 0.6 is 0 Å². The van der Waals surface area contributed by atoms with Crippen LogP contribution in [0.15, 0.2) is 0 Å². The molecule has 2 saturated heterocycles. The number of hydrogen-bond donors (Lipinski definition) is 1. The SMILES string of the molecule is C[C@@H]1O[C@@H](O)[C@H]2OC(C)(C)O[C@H]21. The molecule has 2 rings (SSSR count). The highest BCUT2D eigenvalue weighted by molar-refractivity contribution is 4.92. The third-order valence-electron chi connectivity index (χ3n) is 2.26. The van der Waals surface area contributed by atoms with Crippen LogP contribution in [-0.2, 0) is 14.2 Å². The van der Waals surface area contributed by atoms with E-state index in [0.717, 1.165) is 0 Å². The zero-order chi connectivity index (χ0) is 8.93. The molecule has 2 heterocycles. The second-order valence-corrected chi connectivity index (χ2v) is 3.80. The molecular formula is C8H14O4. The Hall–Kier alpha value is -0.160. The lowest BCUT2D eigenvalue weighted by Crippen LogP contribution is -2.29. The lowest BCUT2D eigenvalue weighted by Gasteiger charge is -2.20. The first kappa shape index (κ1) is 8.44. The number of hydrogen-bond acceptors (Lipinski definition) is 4. The van der Waals surface area contributed by atoms with E-state index in [-0.39, 0.29) is 18.3 Å². The van der Waals surface area contributed by atoms with Crippen molar-refractivity contribution in [1.82, 2.24) is 0 Å². The fraction of sp³-hybridized carbons (Fsp3) is 1.00. The molecule has 0 saturated carbocycles. The molecular weight excluding hydrogens is 160 g/mol. The van der Waals surface area contributed by atoms with Crippen molar-refractivity contribution in [3.63, 3.8) is 0 Å². The minimum Gasteiger partial charge on any atom is -0.366 e. The lowest BCUT2D eigenvalue weighted by atomic mass is 10.2. The normalized spacial score (nSPS) is 51.0. The van der Waals surface area contributed by atoms with Crippen molar-refractivity contribution in [2.24, 2.45) is 0 Å². The fourth-order valence-corrected chi connectivity index (χ4v) is 1.78. The second-order valence-electron chi connectivity index (χ2n) is 3.80. The minimum atomic E-state index is -0.841. The van der Waals surface area contributed by atoms with Crippen LogP contribution in [0.1, 0.15) is 20.8 Å². The van der Waals surface area contributed by atoms with Gasteiger partial charge in [-0.3, -0.25) is 0 Å². The van der Waals surface area contributed by atoms with Crippen LogP contribution in [0.25, 0.3) is 0 Å². The molecule has 0 radical (unpaired) electrons. The Kier molecular flexibility index (Phi) is 1.70. The van der Waals surface area contributed by atoms with E-state index < -0.39 is 12.1 Å². The summed E-state index contributed by atoms with van der Waals surface area (Å²) in [4.78, 5) is 0. The summed E-state index contributed by atoms with van der Waals surface area (Å²) in [6, 6.07) is 0. The molecule has 2 aliphatic rings. The first-order valence-electron chi connectivity index (χ1n) is 4.19. The third-order valence-corrected chi connectivity index (χ3v) is 2.26. The average molecular weight is 174 g/mol. The molecule has 0 aliphatic carbocycles. The molecule has 2 fully saturated rings. The van der Waals surface area contributed by atoms with E-state index in [1.54, 1.807) is 0 Å². The van der Waals surface area contributed by atoms with Crippen LogP contribution in [0, 0.1) is 0 Å². The molecule has 1 N–H and O–H groups in total. The lowest BCUT2D eigenvalue weighted by molar-refractivity contribution is -0.217. The Morgan fingerprint density at radius 2 is 1.75 bits per heavy atom. The topological polar surface area (TPSA) is 47.9 Å². The van der Waals surface area contributed by atoms with E-state index in [1.165, 1.54) is 0 Å². The van der Waals surface area contributed by atoms with Gasteiger partial charge in [0.25, 0.3) is 0 Å². The maximum atomic E-state index is 9.37. The van der Waals surface area contributed by atoms with Gasteiger partial charge in [0.05, 0.1) is 6.10 Å². The van der Waals surface area contributed by atoms with Crippen LogP contribution in [0.3, 0.4) is 0 Å². The molecule has 70 valence electrons. The Balaban J connectivity index is 2.15. The van der Waals surface area contributed by atoms with Gasteiger partial charge in [-0.1, -0.05) is 0 Å². The van der Waals surface area contributed by atoms with E-state index >= 15 is 0 Å². The van der Waals surface area contributed by atoms with Crippen LogP contribution in [0.2, 0.25) is 0 Å². The monoisotopic (exact) mass is 174 g/mol. The number of rotatable bonds is 0. The third kappa shape index (κ3) is 1.15. The maximum Gasteiger partial charge on any atom is 0.184 e. The highest BCUT2D eigenvalue weighted by Crippen LogP contribution is 2.37. The Labute approximate surface area is 71.4 Å². The smallest absolute Gasteiger partial charge is 0.184 e. The highest BCUT2D eigenvalue weighted by Gasteiger charge is 2.53. The predicted octanol–water partition coefficient (Wildman–Crippen LogP) is 0.244. The van der Waals surface area contributed by atoms with Gasteiger partial charge < -0.3 is 19.3 Å². The average Bonchev–Trinajstić information content (AvgIpc) is 2.34. The fourth-order valence-electron chi connectivity index (χ4n) is 1.78. The van der Waals surface area contributed by atoms with Gasteiger partial charge in [-0.15, -0.1) is 0 Å². The molecule has 2 aliphatic heterocycles. The first-order valence-corrected chi connectivity index (χ1v) is 4.19. The zero-order valence-corrected chi connectivity index (χ0v) is 7.48. The highest BCUT2D eigenvalue weighted by atomic mass is 16.8. The largest absolute Gasteiger partial charge is 0.366 e. The van der Waals surface area contributed by atoms with Gasteiger partial charge >= 0.3 is 0 Å². The summed E-state index contributed by atoms with van der Waals surface area (Å²) < 4.78 is 16.1. The van der Waals surface area contributed by atoms with Crippen LogP contribution in [-0.4, -0.2) is 35.5 Å². The van der Waals surface area contributed by atoms with Gasteiger partial charge in [0.1, 0.15) is 12.2 Å². The van der Waals surface area contributed by atoms with E-state index in [0.29, 0.717) is 0 Å². The van der Waals surface area contributed by atoms with Crippen molar-refractivity contribution in [1.29, 1.82) is 0 Å². The molecule has 0 aromatic carbocycles. The van der Waals surface area contributed by atoms with Gasteiger partial charge in [0.2, 0.25) is 0 Å². The van der Waals surface area contributed by atoms with Crippen molar-refractivity contribution < 1.29 is 19.3 Å². The molecule has 0 spiro atoms. The molecule has 4 nitrogen and oxygen atoms in total. The Morgan fingerprint density at radius 3 is 2.33 bits per heavy atom. The van der Waals surface area contributed by atoms with Crippen molar-refractivity contribution in [2.75, 3.05) is 0 Å². The Morgan fingerprint density at radius 1 is 1.17 bits per heavy atom. The Bertz CT molecular complexity index is 173. The summed E-state index contributed by atoms with van der Waals surface area (Å²) >= 11 is 0. The van der Waals surface area contributed by atoms with Gasteiger partial charge in [-0.25, -0.2) is 0 Å². The number of aliphatic hydroxyl groups is 1. The number of fused-ring (bicyclic) bond motifs is 1. The standard InChI is InChI=1S/C8H14O4/c1-4-5-6(7(9)10-4)12-8(2,3)11-5/h4-7,9H,1-3H3/t4-,5-,6-,7+/m0/s1. The van der Waals surface area contributed by atoms with Crippen LogP contribution < -0.4 is 0 Å². The van der Waals surface area contributed by atoms with Crippen molar-refractivity contribution in [3.05, 3.63) is 0 Å². The van der Waals surface area contributed by atoms with Crippen LogP contribution in [0.5, 0.6) is 0 Å². The van der Waals surface area contributed by atoms with Gasteiger partial charge in [-0.05, 0) is 20.8 Å².